The van der Waals surface area contributed by atoms with E-state index in [4.69, 9.17) is 20.3 Å². The summed E-state index contributed by atoms with van der Waals surface area (Å²) in [6.45, 7) is 1.01. The molecule has 0 aliphatic heterocycles. The maximum atomic E-state index is 12.5. The van der Waals surface area contributed by atoms with Crippen LogP contribution in [0.25, 0.3) is 42.0 Å². The molecule has 4 aromatic carbocycles. The third kappa shape index (κ3) is 8.28. The fourth-order valence-corrected chi connectivity index (χ4v) is 7.39. The quantitative estimate of drug-likeness (QED) is 0.113. The van der Waals surface area contributed by atoms with Gasteiger partial charge >= 0.3 is 5.97 Å². The van der Waals surface area contributed by atoms with Gasteiger partial charge in [0, 0.05) is 38.8 Å². The largest absolute Gasteiger partial charge is 0.497 e. The van der Waals surface area contributed by atoms with Crippen LogP contribution in [0.3, 0.4) is 0 Å². The number of thiophene rings is 2. The van der Waals surface area contributed by atoms with Crippen molar-refractivity contribution < 1.29 is 24.2 Å². The summed E-state index contributed by atoms with van der Waals surface area (Å²) in [5.74, 6) is 0.463. The molecule has 0 atom stereocenters. The molecule has 0 aliphatic rings. The number of hydrogen-bond donors (Lipinski definition) is 5. The number of rotatable bonds is 7. The first-order valence-electron chi connectivity index (χ1n) is 16.2. The molecule has 4 aromatic heterocycles. The molecule has 8 rings (SSSR count). The van der Waals surface area contributed by atoms with E-state index in [0.29, 0.717) is 40.5 Å². The summed E-state index contributed by atoms with van der Waals surface area (Å²) < 4.78 is 11.9. The SMILES string of the molecule is COc1ccc(CN)cc1.COc1ccc(CNC(=O)c2ccc3c(c2)[nH]c(=O)c2ccsc23)cc1.O=C(O)c1ccc2c(c1)[nH]c(=O)c1ccsc12. The normalized spacial score (nSPS) is 10.7. The van der Waals surface area contributed by atoms with Crippen LogP contribution in [0.2, 0.25) is 0 Å². The number of methoxy groups -OCH3 is 2. The van der Waals surface area contributed by atoms with Crippen molar-refractivity contribution in [3.8, 4) is 11.5 Å². The summed E-state index contributed by atoms with van der Waals surface area (Å²) in [5, 5.41) is 18.7. The van der Waals surface area contributed by atoms with E-state index in [-0.39, 0.29) is 22.6 Å². The fourth-order valence-electron chi connectivity index (χ4n) is 5.53. The number of carboxylic acid groups (broad SMARTS) is 1. The summed E-state index contributed by atoms with van der Waals surface area (Å²) >= 11 is 3.00. The zero-order valence-electron chi connectivity index (χ0n) is 28.6. The molecule has 0 bridgehead atoms. The molecule has 13 heteroatoms. The van der Waals surface area contributed by atoms with E-state index in [1.165, 1.54) is 28.7 Å². The van der Waals surface area contributed by atoms with Gasteiger partial charge < -0.3 is 35.6 Å². The Bertz CT molecular complexity index is 2660. The van der Waals surface area contributed by atoms with E-state index in [0.717, 1.165) is 42.8 Å². The van der Waals surface area contributed by atoms with Crippen LogP contribution in [0.4, 0.5) is 0 Å². The summed E-state index contributed by atoms with van der Waals surface area (Å²) in [6, 6.07) is 29.0. The number of aromatic carboxylic acids is 1. The number of pyridine rings is 2. The molecular formula is C40H34N4O7S2. The Kier molecular flexibility index (Phi) is 11.3. The van der Waals surface area contributed by atoms with Crippen molar-refractivity contribution in [2.24, 2.45) is 5.73 Å². The van der Waals surface area contributed by atoms with E-state index in [2.05, 4.69) is 15.3 Å². The second-order valence-corrected chi connectivity index (χ2v) is 13.5. The van der Waals surface area contributed by atoms with Crippen molar-refractivity contribution in [2.75, 3.05) is 14.2 Å². The Hall–Kier alpha value is -6.28. The highest BCUT2D eigenvalue weighted by Gasteiger charge is 2.12. The second-order valence-electron chi connectivity index (χ2n) is 11.6. The number of aromatic nitrogens is 2. The number of H-pyrrole nitrogens is 2. The third-order valence-electron chi connectivity index (χ3n) is 8.36. The predicted octanol–water partition coefficient (Wildman–Crippen LogP) is 7.28. The van der Waals surface area contributed by atoms with Gasteiger partial charge in [-0.2, -0.15) is 0 Å². The standard InChI is InChI=1S/C20H16N2O3S.C12H7NO3S.C8H11NO/c1-25-14-5-2-12(3-6-14)11-21-19(23)13-4-7-15-17(10-13)22-20(24)16-8-9-26-18(15)16;14-11-8-3-4-17-10(8)7-2-1-6(12(15)16)5-9(7)13-11;1-10-8-4-2-7(6-9)3-5-8/h2-10H,11H2,1H3,(H,21,23)(H,22,24);1-5H,(H,13,14)(H,15,16);2-5H,6,9H2,1H3. The maximum absolute atomic E-state index is 12.5. The molecule has 4 heterocycles. The van der Waals surface area contributed by atoms with E-state index in [1.807, 2.05) is 71.4 Å². The number of aromatic amines is 2. The molecule has 0 spiro atoms. The summed E-state index contributed by atoms with van der Waals surface area (Å²) in [4.78, 5) is 52.7. The molecule has 0 fully saturated rings. The minimum absolute atomic E-state index is 0.135. The number of carboxylic acids is 1. The van der Waals surface area contributed by atoms with Gasteiger partial charge in [0.05, 0.1) is 41.6 Å². The topological polar surface area (TPSA) is 177 Å². The van der Waals surface area contributed by atoms with Crippen LogP contribution in [-0.4, -0.2) is 41.2 Å². The van der Waals surface area contributed by atoms with Crippen molar-refractivity contribution in [3.63, 3.8) is 0 Å². The summed E-state index contributed by atoms with van der Waals surface area (Å²) in [6.07, 6.45) is 0. The smallest absolute Gasteiger partial charge is 0.335 e. The van der Waals surface area contributed by atoms with Crippen LogP contribution >= 0.6 is 22.7 Å². The number of ether oxygens (including phenoxy) is 2. The molecule has 11 nitrogen and oxygen atoms in total. The first kappa shape index (κ1) is 36.5. The Morgan fingerprint density at radius 2 is 1.13 bits per heavy atom. The fraction of sp³-hybridized carbons (Fsp3) is 0.100. The number of fused-ring (bicyclic) bond motifs is 6. The Labute approximate surface area is 310 Å². The number of carbonyl (C=O) groups excluding carboxylic acids is 1. The Morgan fingerprint density at radius 3 is 1.60 bits per heavy atom. The predicted molar refractivity (Wildman–Crippen MR) is 212 cm³/mol. The number of hydrogen-bond acceptors (Lipinski definition) is 9. The van der Waals surface area contributed by atoms with Crippen molar-refractivity contribution in [2.45, 2.75) is 13.1 Å². The summed E-state index contributed by atoms with van der Waals surface area (Å²) in [5.41, 5.74) is 9.10. The van der Waals surface area contributed by atoms with Gasteiger partial charge in [-0.1, -0.05) is 36.4 Å². The average molecular weight is 747 g/mol. The number of carbonyl (C=O) groups is 2. The third-order valence-corrected chi connectivity index (χ3v) is 10.3. The van der Waals surface area contributed by atoms with Gasteiger partial charge in [-0.3, -0.25) is 14.4 Å². The first-order valence-corrected chi connectivity index (χ1v) is 18.0. The van der Waals surface area contributed by atoms with Gasteiger partial charge in [0.1, 0.15) is 11.5 Å². The van der Waals surface area contributed by atoms with Crippen LogP contribution < -0.4 is 31.6 Å². The lowest BCUT2D eigenvalue weighted by Gasteiger charge is -2.08. The van der Waals surface area contributed by atoms with Crippen molar-refractivity contribution in [3.05, 3.63) is 151 Å². The minimum atomic E-state index is -1.00. The van der Waals surface area contributed by atoms with Crippen LogP contribution in [-0.2, 0) is 13.1 Å². The number of amides is 1. The van der Waals surface area contributed by atoms with E-state index < -0.39 is 5.97 Å². The van der Waals surface area contributed by atoms with E-state index in [1.54, 1.807) is 44.6 Å². The molecule has 1 amide bonds. The summed E-state index contributed by atoms with van der Waals surface area (Å²) in [7, 11) is 3.27. The van der Waals surface area contributed by atoms with E-state index >= 15 is 0 Å². The van der Waals surface area contributed by atoms with E-state index in [9.17, 15) is 19.2 Å². The lowest BCUT2D eigenvalue weighted by Crippen LogP contribution is -2.22. The first-order chi connectivity index (χ1) is 25.7. The molecule has 0 radical (unpaired) electrons. The highest BCUT2D eigenvalue weighted by atomic mass is 32.1. The van der Waals surface area contributed by atoms with Crippen molar-refractivity contribution in [1.82, 2.24) is 15.3 Å². The van der Waals surface area contributed by atoms with Gasteiger partial charge in [-0.15, -0.1) is 22.7 Å². The van der Waals surface area contributed by atoms with Crippen LogP contribution in [0.1, 0.15) is 31.8 Å². The molecule has 8 aromatic rings. The molecule has 0 saturated carbocycles. The highest BCUT2D eigenvalue weighted by molar-refractivity contribution is 7.18. The van der Waals surface area contributed by atoms with Crippen LogP contribution in [0.15, 0.2) is 117 Å². The van der Waals surface area contributed by atoms with Gasteiger partial charge in [0.25, 0.3) is 17.0 Å². The Morgan fingerprint density at radius 1 is 0.660 bits per heavy atom. The molecule has 0 unspecified atom stereocenters. The molecule has 6 N–H and O–H groups in total. The molecule has 268 valence electrons. The lowest BCUT2D eigenvalue weighted by molar-refractivity contribution is 0.0696. The lowest BCUT2D eigenvalue weighted by atomic mass is 10.1. The zero-order valence-corrected chi connectivity index (χ0v) is 30.2. The van der Waals surface area contributed by atoms with Crippen LogP contribution in [0, 0.1) is 0 Å². The monoisotopic (exact) mass is 746 g/mol. The molecule has 53 heavy (non-hydrogen) atoms. The second kappa shape index (κ2) is 16.4. The van der Waals surface area contributed by atoms with Crippen molar-refractivity contribution >= 4 is 76.5 Å². The molecular weight excluding hydrogens is 713 g/mol. The molecule has 0 aliphatic carbocycles. The number of nitrogens with one attached hydrogen (secondary N) is 3. The number of nitrogens with two attached hydrogens (primary N) is 1. The van der Waals surface area contributed by atoms with Crippen molar-refractivity contribution in [1.29, 1.82) is 0 Å². The zero-order chi connectivity index (χ0) is 37.5. The number of benzene rings is 4. The average Bonchev–Trinajstić information content (AvgIpc) is 3.90. The Balaban J connectivity index is 0.000000152. The van der Waals surface area contributed by atoms with Crippen LogP contribution in [0.5, 0.6) is 11.5 Å². The van der Waals surface area contributed by atoms with Gasteiger partial charge in [-0.25, -0.2) is 4.79 Å². The maximum Gasteiger partial charge on any atom is 0.335 e. The van der Waals surface area contributed by atoms with Gasteiger partial charge in [-0.05, 0) is 82.6 Å². The molecule has 0 saturated heterocycles. The highest BCUT2D eigenvalue weighted by Crippen LogP contribution is 2.28. The van der Waals surface area contributed by atoms with Gasteiger partial charge in [0.15, 0.2) is 0 Å². The van der Waals surface area contributed by atoms with Gasteiger partial charge in [0.2, 0.25) is 0 Å². The minimum Gasteiger partial charge on any atom is -0.497 e.